The van der Waals surface area contributed by atoms with Gasteiger partial charge in [0, 0.05) is 16.5 Å². The Labute approximate surface area is 217 Å². The molecule has 7 nitrogen and oxygen atoms in total. The smallest absolute Gasteiger partial charge is 0.272 e. The Morgan fingerprint density at radius 1 is 1.20 bits per heavy atom. The highest BCUT2D eigenvalue weighted by molar-refractivity contribution is 7.86. The van der Waals surface area contributed by atoms with Crippen molar-refractivity contribution in [2.45, 2.75) is 62.3 Å². The second kappa shape index (κ2) is 10.6. The molecule has 0 aromatic heterocycles. The number of nitrogens with one attached hydrogen (secondary N) is 1. The van der Waals surface area contributed by atoms with Crippen molar-refractivity contribution in [3.63, 3.8) is 0 Å². The zero-order valence-corrected chi connectivity index (χ0v) is 22.1. The fourth-order valence-electron chi connectivity index (χ4n) is 5.46. The number of benzene rings is 2. The van der Waals surface area contributed by atoms with Crippen molar-refractivity contribution >= 4 is 40.0 Å². The summed E-state index contributed by atoms with van der Waals surface area (Å²) in [5, 5.41) is 2.91. The van der Waals surface area contributed by atoms with Gasteiger partial charge in [-0.2, -0.15) is 8.42 Å². The van der Waals surface area contributed by atoms with Crippen molar-refractivity contribution in [3.8, 4) is 5.75 Å². The molecule has 35 heavy (non-hydrogen) atoms. The van der Waals surface area contributed by atoms with Gasteiger partial charge in [-0.3, -0.25) is 9.35 Å². The van der Waals surface area contributed by atoms with E-state index in [1.807, 2.05) is 24.3 Å². The van der Waals surface area contributed by atoms with E-state index in [4.69, 9.17) is 22.1 Å². The molecule has 1 aliphatic heterocycles. The molecule has 10 heteroatoms. The van der Waals surface area contributed by atoms with Crippen molar-refractivity contribution in [2.24, 2.45) is 11.7 Å². The van der Waals surface area contributed by atoms with Gasteiger partial charge >= 0.3 is 0 Å². The third kappa shape index (κ3) is 5.47. The Morgan fingerprint density at radius 2 is 1.86 bits per heavy atom. The normalized spacial score (nSPS) is 20.7. The Kier molecular flexibility index (Phi) is 8.44. The minimum Gasteiger partial charge on any atom is -0.479 e. The number of carbonyl (C=O) groups is 1. The van der Waals surface area contributed by atoms with Gasteiger partial charge in [0.1, 0.15) is 11.0 Å². The standard InChI is InChI=1S/C25H31ClN2O5S.ClH/c1-15(2)22(34(30,31)32)21(24(27)29)33-19-9-4-16-10-13-28-23(20(16)14-19)25(11-3-12-25)17-5-7-18(26)8-6-17;/h4-9,14-15,21-23,28H,3,10-13H2,1-2H3,(H2,27,29)(H,30,31,32);1H. The van der Waals surface area contributed by atoms with E-state index in [0.29, 0.717) is 10.8 Å². The molecule has 2 aliphatic rings. The van der Waals surface area contributed by atoms with Crippen LogP contribution < -0.4 is 15.8 Å². The number of carbonyl (C=O) groups excluding carboxylic acids is 1. The van der Waals surface area contributed by atoms with Crippen LogP contribution in [0.2, 0.25) is 5.02 Å². The molecule has 1 heterocycles. The van der Waals surface area contributed by atoms with Gasteiger partial charge in [0.15, 0.2) is 6.10 Å². The van der Waals surface area contributed by atoms with Crippen LogP contribution in [0.15, 0.2) is 42.5 Å². The van der Waals surface area contributed by atoms with Crippen molar-refractivity contribution in [3.05, 3.63) is 64.2 Å². The molecule has 0 radical (unpaired) electrons. The van der Waals surface area contributed by atoms with Crippen molar-refractivity contribution in [2.75, 3.05) is 6.54 Å². The largest absolute Gasteiger partial charge is 0.479 e. The Bertz CT molecular complexity index is 1170. The highest BCUT2D eigenvalue weighted by Gasteiger charge is 2.47. The average Bonchev–Trinajstić information content (AvgIpc) is 2.72. The molecule has 2 aromatic rings. The van der Waals surface area contributed by atoms with Gasteiger partial charge in [-0.25, -0.2) is 0 Å². The van der Waals surface area contributed by atoms with Crippen LogP contribution in [0.3, 0.4) is 0 Å². The number of nitrogens with two attached hydrogens (primary N) is 1. The van der Waals surface area contributed by atoms with Crippen LogP contribution in [-0.2, 0) is 26.7 Å². The van der Waals surface area contributed by atoms with E-state index in [2.05, 4.69) is 17.4 Å². The van der Waals surface area contributed by atoms with Crippen molar-refractivity contribution < 1.29 is 22.5 Å². The lowest BCUT2D eigenvalue weighted by atomic mass is 9.58. The lowest BCUT2D eigenvalue weighted by Gasteiger charge is -2.50. The minimum atomic E-state index is -4.56. The molecular weight excluding hydrogens is 511 g/mol. The SMILES string of the molecule is CC(C)C(C(Oc1ccc2c(c1)C(C1(c3ccc(Cl)cc3)CCC1)NCC2)C(N)=O)S(=O)(=O)O.Cl. The molecule has 2 aromatic carbocycles. The van der Waals surface area contributed by atoms with Gasteiger partial charge in [-0.1, -0.05) is 50.1 Å². The maximum Gasteiger partial charge on any atom is 0.272 e. The summed E-state index contributed by atoms with van der Waals surface area (Å²) in [5.41, 5.74) is 8.89. The van der Waals surface area contributed by atoms with Crippen LogP contribution in [0.4, 0.5) is 0 Å². The average molecular weight is 544 g/mol. The molecule has 1 aliphatic carbocycles. The fourth-order valence-corrected chi connectivity index (χ4v) is 6.78. The van der Waals surface area contributed by atoms with Crippen LogP contribution in [0.5, 0.6) is 5.75 Å². The highest BCUT2D eigenvalue weighted by Crippen LogP contribution is 2.53. The van der Waals surface area contributed by atoms with Crippen LogP contribution >= 0.6 is 24.0 Å². The zero-order valence-electron chi connectivity index (χ0n) is 19.7. The topological polar surface area (TPSA) is 119 Å². The molecule has 4 N–H and O–H groups in total. The monoisotopic (exact) mass is 542 g/mol. The number of fused-ring (bicyclic) bond motifs is 1. The summed E-state index contributed by atoms with van der Waals surface area (Å²) >= 11 is 6.13. The van der Waals surface area contributed by atoms with Crippen molar-refractivity contribution in [1.82, 2.24) is 5.32 Å². The molecule has 0 bridgehead atoms. The maximum atomic E-state index is 12.2. The summed E-state index contributed by atoms with van der Waals surface area (Å²) in [6.45, 7) is 4.03. The number of amides is 1. The third-order valence-electron chi connectivity index (χ3n) is 7.23. The quantitative estimate of drug-likeness (QED) is 0.429. The van der Waals surface area contributed by atoms with Crippen LogP contribution in [0.1, 0.15) is 55.8 Å². The van der Waals surface area contributed by atoms with E-state index >= 15 is 0 Å². The summed E-state index contributed by atoms with van der Waals surface area (Å²) in [7, 11) is -4.56. The van der Waals surface area contributed by atoms with Gasteiger partial charge in [-0.05, 0) is 72.7 Å². The number of ether oxygens (including phenoxy) is 1. The van der Waals surface area contributed by atoms with Gasteiger partial charge in [-0.15, -0.1) is 12.4 Å². The van der Waals surface area contributed by atoms with E-state index in [9.17, 15) is 17.8 Å². The molecule has 3 atom stereocenters. The second-order valence-corrected chi connectivity index (χ2v) is 11.7. The number of halogens is 2. The second-order valence-electron chi connectivity index (χ2n) is 9.68. The number of hydrogen-bond donors (Lipinski definition) is 3. The first kappa shape index (κ1) is 27.7. The molecular formula is C25H32Cl2N2O5S. The van der Waals surface area contributed by atoms with Gasteiger partial charge < -0.3 is 15.8 Å². The van der Waals surface area contributed by atoms with Crippen LogP contribution in [0.25, 0.3) is 0 Å². The Morgan fingerprint density at radius 3 is 2.37 bits per heavy atom. The van der Waals surface area contributed by atoms with Crippen molar-refractivity contribution in [1.29, 1.82) is 0 Å². The first-order chi connectivity index (χ1) is 16.0. The molecule has 4 rings (SSSR count). The molecule has 192 valence electrons. The highest BCUT2D eigenvalue weighted by atomic mass is 35.5. The number of rotatable bonds is 8. The molecule has 0 spiro atoms. The fraction of sp³-hybridized carbons (Fsp3) is 0.480. The van der Waals surface area contributed by atoms with E-state index in [0.717, 1.165) is 37.8 Å². The van der Waals surface area contributed by atoms with Gasteiger partial charge in [0.25, 0.3) is 16.0 Å². The summed E-state index contributed by atoms with van der Waals surface area (Å²) in [6.07, 6.45) is 2.51. The molecule has 1 saturated carbocycles. The van der Waals surface area contributed by atoms with E-state index in [1.54, 1.807) is 19.9 Å². The Hall–Kier alpha value is -1.84. The lowest BCUT2D eigenvalue weighted by Crippen LogP contribution is -2.50. The summed E-state index contributed by atoms with van der Waals surface area (Å²) < 4.78 is 39.6. The summed E-state index contributed by atoms with van der Waals surface area (Å²) in [6, 6.07) is 13.6. The molecule has 1 amide bonds. The number of primary amides is 1. The molecule has 3 unspecified atom stereocenters. The van der Waals surface area contributed by atoms with Gasteiger partial charge in [0.2, 0.25) is 0 Å². The maximum absolute atomic E-state index is 12.2. The summed E-state index contributed by atoms with van der Waals surface area (Å²) in [4.78, 5) is 12.2. The first-order valence-electron chi connectivity index (χ1n) is 11.6. The van der Waals surface area contributed by atoms with E-state index in [-0.39, 0.29) is 23.9 Å². The first-order valence-corrected chi connectivity index (χ1v) is 13.5. The summed E-state index contributed by atoms with van der Waals surface area (Å²) in [5.74, 6) is -1.18. The van der Waals surface area contributed by atoms with Crippen LogP contribution in [0, 0.1) is 5.92 Å². The predicted molar refractivity (Wildman–Crippen MR) is 139 cm³/mol. The zero-order chi connectivity index (χ0) is 24.7. The van der Waals surface area contributed by atoms with E-state index in [1.165, 1.54) is 11.1 Å². The molecule has 0 saturated heterocycles. The van der Waals surface area contributed by atoms with Gasteiger partial charge in [0.05, 0.1) is 0 Å². The Balaban J connectivity index is 0.00000342. The lowest BCUT2D eigenvalue weighted by molar-refractivity contribution is -0.125. The molecule has 1 fully saturated rings. The van der Waals surface area contributed by atoms with Crippen LogP contribution in [-0.4, -0.2) is 36.8 Å². The van der Waals surface area contributed by atoms with E-state index < -0.39 is 33.3 Å². The predicted octanol–water partition coefficient (Wildman–Crippen LogP) is 4.22. The number of hydrogen-bond acceptors (Lipinski definition) is 5. The minimum absolute atomic E-state index is 0. The third-order valence-corrected chi connectivity index (χ3v) is 8.96.